The lowest BCUT2D eigenvalue weighted by Crippen LogP contribution is -2.45. The molecule has 0 saturated carbocycles. The maximum Gasteiger partial charge on any atom is 0.256 e. The molecular formula is C22H24N4O2. The van der Waals surface area contributed by atoms with Crippen molar-refractivity contribution in [3.8, 4) is 0 Å². The topological polar surface area (TPSA) is 74.3 Å². The highest BCUT2D eigenvalue weighted by Crippen LogP contribution is 2.31. The normalized spacial score (nSPS) is 21.1. The van der Waals surface area contributed by atoms with Crippen molar-refractivity contribution in [3.63, 3.8) is 0 Å². The first kappa shape index (κ1) is 18.2. The second-order valence-corrected chi connectivity index (χ2v) is 7.40. The summed E-state index contributed by atoms with van der Waals surface area (Å²) >= 11 is 0. The molecule has 2 aliphatic rings. The summed E-state index contributed by atoms with van der Waals surface area (Å²) in [6.07, 6.45) is 6.55. The summed E-state index contributed by atoms with van der Waals surface area (Å²) in [4.78, 5) is 31.4. The van der Waals surface area contributed by atoms with E-state index in [2.05, 4.69) is 27.8 Å². The van der Waals surface area contributed by atoms with Gasteiger partial charge in [-0.3, -0.25) is 9.59 Å². The minimum atomic E-state index is -0.303. The number of benzene rings is 1. The highest BCUT2D eigenvalue weighted by atomic mass is 16.2. The lowest BCUT2D eigenvalue weighted by molar-refractivity contribution is -0.120. The van der Waals surface area contributed by atoms with E-state index in [1.165, 1.54) is 0 Å². The monoisotopic (exact) mass is 376 g/mol. The van der Waals surface area contributed by atoms with Crippen molar-refractivity contribution in [2.45, 2.75) is 32.4 Å². The number of aromatic nitrogens is 1. The quantitative estimate of drug-likeness (QED) is 0.803. The number of carbonyl (C=O) groups is 2. The Labute approximate surface area is 164 Å². The van der Waals surface area contributed by atoms with E-state index in [4.69, 9.17) is 0 Å². The van der Waals surface area contributed by atoms with Crippen molar-refractivity contribution < 1.29 is 9.59 Å². The number of fused-ring (bicyclic) bond motifs is 1. The van der Waals surface area contributed by atoms with Crippen LogP contribution in [-0.2, 0) is 4.79 Å². The molecular weight excluding hydrogens is 352 g/mol. The van der Waals surface area contributed by atoms with Gasteiger partial charge in [0, 0.05) is 24.3 Å². The molecule has 144 valence electrons. The first-order valence-corrected chi connectivity index (χ1v) is 9.60. The second kappa shape index (κ2) is 7.46. The number of carbonyl (C=O) groups excluding carboxylic acids is 2. The van der Waals surface area contributed by atoms with Gasteiger partial charge in [-0.05, 0) is 56.0 Å². The minimum Gasteiger partial charge on any atom is -0.335 e. The van der Waals surface area contributed by atoms with Gasteiger partial charge < -0.3 is 15.5 Å². The molecule has 0 bridgehead atoms. The summed E-state index contributed by atoms with van der Waals surface area (Å²) < 4.78 is 0. The van der Waals surface area contributed by atoms with Crippen LogP contribution in [0.25, 0.3) is 0 Å². The zero-order chi connectivity index (χ0) is 19.7. The number of amides is 2. The number of pyridine rings is 1. The molecule has 0 saturated heterocycles. The third kappa shape index (κ3) is 3.50. The fourth-order valence-electron chi connectivity index (χ4n) is 3.74. The Morgan fingerprint density at radius 1 is 1.18 bits per heavy atom. The predicted molar refractivity (Wildman–Crippen MR) is 109 cm³/mol. The van der Waals surface area contributed by atoms with Crippen LogP contribution >= 0.6 is 0 Å². The fourth-order valence-corrected chi connectivity index (χ4v) is 3.74. The molecule has 0 fully saturated rings. The van der Waals surface area contributed by atoms with Gasteiger partial charge in [-0.25, -0.2) is 4.98 Å². The van der Waals surface area contributed by atoms with Crippen LogP contribution in [0.3, 0.4) is 0 Å². The Morgan fingerprint density at radius 2 is 1.96 bits per heavy atom. The predicted octanol–water partition coefficient (Wildman–Crippen LogP) is 3.56. The van der Waals surface area contributed by atoms with Crippen molar-refractivity contribution in [1.29, 1.82) is 0 Å². The van der Waals surface area contributed by atoms with Crippen molar-refractivity contribution in [1.82, 2.24) is 10.3 Å². The summed E-state index contributed by atoms with van der Waals surface area (Å²) in [6, 6.07) is 11.3. The van der Waals surface area contributed by atoms with E-state index in [1.54, 1.807) is 6.07 Å². The van der Waals surface area contributed by atoms with Gasteiger partial charge in [0.15, 0.2) is 0 Å². The number of aryl methyl sites for hydroxylation is 1. The Balaban J connectivity index is 1.50. The molecule has 1 aromatic heterocycles. The second-order valence-electron chi connectivity index (χ2n) is 7.40. The van der Waals surface area contributed by atoms with E-state index in [0.717, 1.165) is 36.2 Å². The fraction of sp³-hybridized carbons (Fsp3) is 0.318. The minimum absolute atomic E-state index is 0.0410. The molecule has 2 aromatic rings. The van der Waals surface area contributed by atoms with Gasteiger partial charge in [0.05, 0.1) is 5.56 Å². The van der Waals surface area contributed by atoms with Crippen LogP contribution in [0.15, 0.2) is 48.6 Å². The van der Waals surface area contributed by atoms with Crippen LogP contribution < -0.4 is 15.5 Å². The maximum atomic E-state index is 12.5. The highest BCUT2D eigenvalue weighted by molar-refractivity contribution is 6.01. The van der Waals surface area contributed by atoms with E-state index in [1.807, 2.05) is 49.2 Å². The van der Waals surface area contributed by atoms with E-state index >= 15 is 0 Å². The molecule has 6 heteroatoms. The van der Waals surface area contributed by atoms with Crippen LogP contribution in [0.1, 0.15) is 47.0 Å². The zero-order valence-corrected chi connectivity index (χ0v) is 16.1. The van der Waals surface area contributed by atoms with Gasteiger partial charge >= 0.3 is 0 Å². The van der Waals surface area contributed by atoms with Gasteiger partial charge in [-0.15, -0.1) is 0 Å². The molecule has 1 aromatic carbocycles. The standard InChI is InChI=1S/C22H24N4O2/c1-14-8-13-18-20(23-14)26(2)19(25-22(18)28)15-9-11-17(12-10-15)24-21(27)16-6-4-3-5-7-16/h3-4,8-13,16,19H,5-7H2,1-2H3,(H,24,27)(H,25,28)/t16-,19+/m0/s1. The number of hydrogen-bond acceptors (Lipinski definition) is 4. The largest absolute Gasteiger partial charge is 0.335 e. The Bertz CT molecular complexity index is 936. The SMILES string of the molecule is Cc1ccc2c(n1)N(C)[C@H](c1ccc(NC(=O)[C@H]3CC=CCC3)cc1)NC2=O. The molecule has 2 heterocycles. The first-order valence-electron chi connectivity index (χ1n) is 9.60. The van der Waals surface area contributed by atoms with Gasteiger partial charge in [0.25, 0.3) is 5.91 Å². The lowest BCUT2D eigenvalue weighted by atomic mass is 9.93. The van der Waals surface area contributed by atoms with Crippen LogP contribution in [-0.4, -0.2) is 23.8 Å². The van der Waals surface area contributed by atoms with Crippen molar-refractivity contribution in [2.75, 3.05) is 17.3 Å². The Kier molecular flexibility index (Phi) is 4.86. The highest BCUT2D eigenvalue weighted by Gasteiger charge is 2.30. The molecule has 0 radical (unpaired) electrons. The van der Waals surface area contributed by atoms with E-state index in [9.17, 15) is 9.59 Å². The summed E-state index contributed by atoms with van der Waals surface area (Å²) in [5, 5.41) is 6.02. The molecule has 6 nitrogen and oxygen atoms in total. The molecule has 1 aliphatic carbocycles. The molecule has 28 heavy (non-hydrogen) atoms. The summed E-state index contributed by atoms with van der Waals surface area (Å²) in [7, 11) is 1.92. The number of rotatable bonds is 3. The number of nitrogens with zero attached hydrogens (tertiary/aromatic N) is 2. The Morgan fingerprint density at radius 3 is 2.68 bits per heavy atom. The van der Waals surface area contributed by atoms with Crippen molar-refractivity contribution >= 4 is 23.3 Å². The first-order chi connectivity index (χ1) is 13.5. The summed E-state index contributed by atoms with van der Waals surface area (Å²) in [5.41, 5.74) is 3.15. The average Bonchev–Trinajstić information content (AvgIpc) is 2.72. The molecule has 2 amide bonds. The number of allylic oxidation sites excluding steroid dienone is 2. The maximum absolute atomic E-state index is 12.5. The number of nitrogens with one attached hydrogen (secondary N) is 2. The Hall–Kier alpha value is -3.15. The smallest absolute Gasteiger partial charge is 0.256 e. The average molecular weight is 376 g/mol. The molecule has 0 unspecified atom stereocenters. The molecule has 2 atom stereocenters. The lowest BCUT2D eigenvalue weighted by Gasteiger charge is -2.35. The van der Waals surface area contributed by atoms with Crippen LogP contribution in [0.4, 0.5) is 11.5 Å². The molecule has 0 spiro atoms. The zero-order valence-electron chi connectivity index (χ0n) is 16.1. The molecule has 4 rings (SSSR count). The van der Waals surface area contributed by atoms with Gasteiger partial charge in [0.2, 0.25) is 5.91 Å². The third-order valence-corrected chi connectivity index (χ3v) is 5.38. The van der Waals surface area contributed by atoms with Gasteiger partial charge in [0.1, 0.15) is 12.0 Å². The van der Waals surface area contributed by atoms with Gasteiger partial charge in [-0.2, -0.15) is 0 Å². The van der Waals surface area contributed by atoms with E-state index in [-0.39, 0.29) is 23.9 Å². The summed E-state index contributed by atoms with van der Waals surface area (Å²) in [5.74, 6) is 0.651. The summed E-state index contributed by atoms with van der Waals surface area (Å²) in [6.45, 7) is 1.91. The van der Waals surface area contributed by atoms with E-state index in [0.29, 0.717) is 11.4 Å². The third-order valence-electron chi connectivity index (χ3n) is 5.38. The van der Waals surface area contributed by atoms with Crippen LogP contribution in [0.5, 0.6) is 0 Å². The van der Waals surface area contributed by atoms with Crippen molar-refractivity contribution in [2.24, 2.45) is 5.92 Å². The van der Waals surface area contributed by atoms with Crippen LogP contribution in [0, 0.1) is 12.8 Å². The van der Waals surface area contributed by atoms with Crippen molar-refractivity contribution in [3.05, 3.63) is 65.4 Å². The molecule has 1 aliphatic heterocycles. The van der Waals surface area contributed by atoms with Gasteiger partial charge in [-0.1, -0.05) is 24.3 Å². The molecule has 2 N–H and O–H groups in total. The van der Waals surface area contributed by atoms with E-state index < -0.39 is 0 Å². The number of hydrogen-bond donors (Lipinski definition) is 2. The van der Waals surface area contributed by atoms with Crippen LogP contribution in [0.2, 0.25) is 0 Å². The number of anilines is 2.